The molecule has 1 aliphatic rings. The van der Waals surface area contributed by atoms with E-state index in [2.05, 4.69) is 39.8 Å². The van der Waals surface area contributed by atoms with E-state index < -0.39 is 0 Å². The zero-order valence-corrected chi connectivity index (χ0v) is 12.7. The number of phenolic OH excluding ortho intramolecular Hbond substituents is 1. The predicted octanol–water partition coefficient (Wildman–Crippen LogP) is 2.54. The second kappa shape index (κ2) is 6.04. The Balaban J connectivity index is 1.90. The first kappa shape index (κ1) is 13.8. The molecule has 1 aromatic carbocycles. The fraction of sp³-hybridized carbons (Fsp3) is 0.571. The fourth-order valence-electron chi connectivity index (χ4n) is 2.65. The predicted molar refractivity (Wildman–Crippen MR) is 77.7 cm³/mol. The van der Waals surface area contributed by atoms with Crippen molar-refractivity contribution in [1.82, 2.24) is 9.80 Å². The van der Waals surface area contributed by atoms with Crippen molar-refractivity contribution in [2.75, 3.05) is 33.7 Å². The van der Waals surface area contributed by atoms with Crippen molar-refractivity contribution in [3.8, 4) is 5.75 Å². The first-order valence-electron chi connectivity index (χ1n) is 6.39. The molecule has 100 valence electrons. The number of halogens is 1. The van der Waals surface area contributed by atoms with Crippen LogP contribution in [0, 0.1) is 5.92 Å². The van der Waals surface area contributed by atoms with Crippen LogP contribution in [0.2, 0.25) is 0 Å². The maximum Gasteiger partial charge on any atom is 0.115 e. The summed E-state index contributed by atoms with van der Waals surface area (Å²) < 4.78 is 1.07. The SMILES string of the molecule is CN1CCC(CN(C)Cc2cc(O)ccc2Br)C1. The van der Waals surface area contributed by atoms with E-state index in [0.29, 0.717) is 5.75 Å². The summed E-state index contributed by atoms with van der Waals surface area (Å²) in [5, 5.41) is 9.52. The number of benzene rings is 1. The molecule has 0 aliphatic carbocycles. The molecule has 1 unspecified atom stereocenters. The number of aromatic hydroxyl groups is 1. The smallest absolute Gasteiger partial charge is 0.115 e. The monoisotopic (exact) mass is 312 g/mol. The van der Waals surface area contributed by atoms with E-state index in [-0.39, 0.29) is 0 Å². The summed E-state index contributed by atoms with van der Waals surface area (Å²) in [5.41, 5.74) is 1.14. The third-order valence-corrected chi connectivity index (χ3v) is 4.30. The Kier molecular flexibility index (Phi) is 4.65. The van der Waals surface area contributed by atoms with Crippen molar-refractivity contribution in [3.05, 3.63) is 28.2 Å². The highest BCUT2D eigenvalue weighted by Crippen LogP contribution is 2.23. The first-order valence-corrected chi connectivity index (χ1v) is 7.18. The maximum atomic E-state index is 9.52. The Morgan fingerprint density at radius 3 is 2.94 bits per heavy atom. The van der Waals surface area contributed by atoms with Crippen LogP contribution >= 0.6 is 15.9 Å². The van der Waals surface area contributed by atoms with Gasteiger partial charge in [0.05, 0.1) is 0 Å². The molecule has 1 saturated heterocycles. The van der Waals surface area contributed by atoms with E-state index in [0.717, 1.165) is 29.0 Å². The van der Waals surface area contributed by atoms with E-state index in [1.807, 2.05) is 12.1 Å². The average Bonchev–Trinajstić information content (AvgIpc) is 2.69. The van der Waals surface area contributed by atoms with Crippen molar-refractivity contribution in [1.29, 1.82) is 0 Å². The number of hydrogen-bond acceptors (Lipinski definition) is 3. The highest BCUT2D eigenvalue weighted by molar-refractivity contribution is 9.10. The van der Waals surface area contributed by atoms with Crippen LogP contribution in [-0.2, 0) is 6.54 Å². The molecule has 3 nitrogen and oxygen atoms in total. The Hall–Kier alpha value is -0.580. The molecule has 1 atom stereocenters. The maximum absolute atomic E-state index is 9.52. The van der Waals surface area contributed by atoms with Crippen LogP contribution in [0.5, 0.6) is 5.75 Å². The van der Waals surface area contributed by atoms with E-state index in [1.165, 1.54) is 19.5 Å². The third-order valence-electron chi connectivity index (χ3n) is 3.53. The van der Waals surface area contributed by atoms with Gasteiger partial charge in [0.1, 0.15) is 5.75 Å². The summed E-state index contributed by atoms with van der Waals surface area (Å²) >= 11 is 3.54. The number of rotatable bonds is 4. The van der Waals surface area contributed by atoms with Crippen molar-refractivity contribution in [2.45, 2.75) is 13.0 Å². The largest absolute Gasteiger partial charge is 0.508 e. The molecule has 4 heteroatoms. The number of nitrogens with zero attached hydrogens (tertiary/aromatic N) is 2. The van der Waals surface area contributed by atoms with Crippen LogP contribution in [-0.4, -0.2) is 48.6 Å². The second-order valence-electron chi connectivity index (χ2n) is 5.39. The molecule has 0 aromatic heterocycles. The van der Waals surface area contributed by atoms with E-state index >= 15 is 0 Å². The minimum absolute atomic E-state index is 0.335. The Bertz CT molecular complexity index is 411. The van der Waals surface area contributed by atoms with E-state index in [9.17, 15) is 5.11 Å². The van der Waals surface area contributed by atoms with E-state index in [1.54, 1.807) is 6.07 Å². The van der Waals surface area contributed by atoms with Crippen LogP contribution in [0.4, 0.5) is 0 Å². The molecule has 18 heavy (non-hydrogen) atoms. The van der Waals surface area contributed by atoms with Gasteiger partial charge >= 0.3 is 0 Å². The Morgan fingerprint density at radius 2 is 2.28 bits per heavy atom. The molecule has 2 rings (SSSR count). The standard InChI is InChI=1S/C14H21BrN2O/c1-16-6-5-11(8-16)9-17(2)10-12-7-13(18)3-4-14(12)15/h3-4,7,11,18H,5-6,8-10H2,1-2H3. The second-order valence-corrected chi connectivity index (χ2v) is 6.24. The zero-order chi connectivity index (χ0) is 13.1. The van der Waals surface area contributed by atoms with Crippen molar-refractivity contribution in [2.24, 2.45) is 5.92 Å². The number of likely N-dealkylation sites (tertiary alicyclic amines) is 1. The summed E-state index contributed by atoms with van der Waals surface area (Å²) in [6, 6.07) is 5.45. The van der Waals surface area contributed by atoms with E-state index in [4.69, 9.17) is 0 Å². The Morgan fingerprint density at radius 1 is 1.50 bits per heavy atom. The molecule has 1 fully saturated rings. The Labute approximate surface area is 118 Å². The molecule has 0 radical (unpaired) electrons. The van der Waals surface area contributed by atoms with Gasteiger partial charge in [-0.2, -0.15) is 0 Å². The fourth-order valence-corrected chi connectivity index (χ4v) is 3.03. The molecule has 1 aliphatic heterocycles. The molecular weight excluding hydrogens is 292 g/mol. The third kappa shape index (κ3) is 3.70. The summed E-state index contributed by atoms with van der Waals surface area (Å²) in [6.07, 6.45) is 1.29. The quantitative estimate of drug-likeness (QED) is 0.925. The summed E-state index contributed by atoms with van der Waals surface area (Å²) in [6.45, 7) is 4.40. The minimum atomic E-state index is 0.335. The van der Waals surface area contributed by atoms with Gasteiger partial charge in [-0.25, -0.2) is 0 Å². The molecular formula is C14H21BrN2O. The lowest BCUT2D eigenvalue weighted by atomic mass is 10.1. The lowest BCUT2D eigenvalue weighted by Crippen LogP contribution is -2.27. The highest BCUT2D eigenvalue weighted by Gasteiger charge is 2.20. The average molecular weight is 313 g/mol. The summed E-state index contributed by atoms with van der Waals surface area (Å²) in [7, 11) is 4.33. The van der Waals surface area contributed by atoms with Crippen LogP contribution < -0.4 is 0 Å². The number of phenols is 1. The lowest BCUT2D eigenvalue weighted by Gasteiger charge is -2.21. The number of hydrogen-bond donors (Lipinski definition) is 1. The molecule has 0 amide bonds. The van der Waals surface area contributed by atoms with Crippen LogP contribution in [0.1, 0.15) is 12.0 Å². The summed E-state index contributed by atoms with van der Waals surface area (Å²) in [5.74, 6) is 1.11. The van der Waals surface area contributed by atoms with Crippen molar-refractivity contribution in [3.63, 3.8) is 0 Å². The zero-order valence-electron chi connectivity index (χ0n) is 11.1. The lowest BCUT2D eigenvalue weighted by molar-refractivity contribution is 0.266. The molecule has 1 heterocycles. The normalized spacial score (nSPS) is 20.8. The summed E-state index contributed by atoms with van der Waals surface area (Å²) in [4.78, 5) is 4.73. The van der Waals surface area contributed by atoms with Gasteiger partial charge in [0, 0.05) is 24.1 Å². The molecule has 0 bridgehead atoms. The van der Waals surface area contributed by atoms with Gasteiger partial charge in [0.2, 0.25) is 0 Å². The molecule has 0 saturated carbocycles. The van der Waals surface area contributed by atoms with Gasteiger partial charge in [-0.15, -0.1) is 0 Å². The van der Waals surface area contributed by atoms with Crippen LogP contribution in [0.25, 0.3) is 0 Å². The topological polar surface area (TPSA) is 26.7 Å². The van der Waals surface area contributed by atoms with Gasteiger partial charge in [-0.1, -0.05) is 15.9 Å². The molecule has 0 spiro atoms. The minimum Gasteiger partial charge on any atom is -0.508 e. The van der Waals surface area contributed by atoms with Gasteiger partial charge in [-0.05, 0) is 56.7 Å². The van der Waals surface area contributed by atoms with Crippen molar-refractivity contribution >= 4 is 15.9 Å². The van der Waals surface area contributed by atoms with Crippen LogP contribution in [0.15, 0.2) is 22.7 Å². The van der Waals surface area contributed by atoms with Crippen LogP contribution in [0.3, 0.4) is 0 Å². The van der Waals surface area contributed by atoms with Gasteiger partial charge < -0.3 is 14.9 Å². The highest BCUT2D eigenvalue weighted by atomic mass is 79.9. The van der Waals surface area contributed by atoms with Gasteiger partial charge in [0.15, 0.2) is 0 Å². The van der Waals surface area contributed by atoms with Gasteiger partial charge in [-0.3, -0.25) is 0 Å². The van der Waals surface area contributed by atoms with Gasteiger partial charge in [0.25, 0.3) is 0 Å². The molecule has 1 aromatic rings. The van der Waals surface area contributed by atoms with Crippen molar-refractivity contribution < 1.29 is 5.11 Å². The molecule has 1 N–H and O–H groups in total. The first-order chi connectivity index (χ1) is 8.54.